The third kappa shape index (κ3) is 1.87. The SMILES string of the molecule is COC(=O)c1cc(Br)c2c(c1I)NCC2. The standard InChI is InChI=1S/C10H9BrINO2/c1-15-10(14)6-4-7(11)5-2-3-13-9(5)8(6)12/h4,13H,2-3H2,1H3. The van der Waals surface area contributed by atoms with Crippen molar-refractivity contribution in [2.75, 3.05) is 19.0 Å². The van der Waals surface area contributed by atoms with E-state index in [1.165, 1.54) is 12.7 Å². The Morgan fingerprint density at radius 2 is 2.40 bits per heavy atom. The predicted octanol–water partition coefficient (Wildman–Crippen LogP) is 2.81. The number of esters is 1. The van der Waals surface area contributed by atoms with Gasteiger partial charge in [0.25, 0.3) is 0 Å². The summed E-state index contributed by atoms with van der Waals surface area (Å²) in [4.78, 5) is 11.5. The molecule has 15 heavy (non-hydrogen) atoms. The molecule has 0 radical (unpaired) electrons. The monoisotopic (exact) mass is 381 g/mol. The van der Waals surface area contributed by atoms with E-state index in [0.717, 1.165) is 26.7 Å². The van der Waals surface area contributed by atoms with Crippen LogP contribution in [0, 0.1) is 3.57 Å². The third-order valence-electron chi connectivity index (χ3n) is 2.40. The minimum atomic E-state index is -0.295. The fourth-order valence-electron chi connectivity index (χ4n) is 1.66. The lowest BCUT2D eigenvalue weighted by Gasteiger charge is -2.10. The minimum Gasteiger partial charge on any atom is -0.465 e. The van der Waals surface area contributed by atoms with E-state index in [1.54, 1.807) is 0 Å². The maximum Gasteiger partial charge on any atom is 0.339 e. The highest BCUT2D eigenvalue weighted by Crippen LogP contribution is 2.36. The average Bonchev–Trinajstić information content (AvgIpc) is 2.71. The van der Waals surface area contributed by atoms with Crippen LogP contribution in [0.5, 0.6) is 0 Å². The molecule has 3 nitrogen and oxygen atoms in total. The second kappa shape index (κ2) is 4.29. The molecule has 80 valence electrons. The smallest absolute Gasteiger partial charge is 0.339 e. The van der Waals surface area contributed by atoms with Crippen molar-refractivity contribution >= 4 is 50.2 Å². The number of methoxy groups -OCH3 is 1. The molecule has 0 bridgehead atoms. The molecule has 1 aliphatic heterocycles. The van der Waals surface area contributed by atoms with Gasteiger partial charge in [-0.15, -0.1) is 0 Å². The van der Waals surface area contributed by atoms with Crippen molar-refractivity contribution in [3.8, 4) is 0 Å². The van der Waals surface area contributed by atoms with Gasteiger partial charge in [0, 0.05) is 11.0 Å². The topological polar surface area (TPSA) is 38.3 Å². The Kier molecular flexibility index (Phi) is 3.20. The van der Waals surface area contributed by atoms with Crippen LogP contribution in [0.4, 0.5) is 5.69 Å². The molecule has 5 heteroatoms. The molecule has 1 N–H and O–H groups in total. The van der Waals surface area contributed by atoms with Crippen molar-refractivity contribution in [2.24, 2.45) is 0 Å². The zero-order chi connectivity index (χ0) is 11.0. The van der Waals surface area contributed by atoms with Gasteiger partial charge in [0.15, 0.2) is 0 Å². The number of anilines is 1. The molecule has 0 spiro atoms. The van der Waals surface area contributed by atoms with Crippen molar-refractivity contribution in [1.82, 2.24) is 0 Å². The van der Waals surface area contributed by atoms with Crippen LogP contribution in [-0.2, 0) is 11.2 Å². The number of fused-ring (bicyclic) bond motifs is 1. The minimum absolute atomic E-state index is 0.295. The third-order valence-corrected chi connectivity index (χ3v) is 4.23. The molecule has 2 rings (SSSR count). The number of carbonyl (C=O) groups excluding carboxylic acids is 1. The number of ether oxygens (including phenoxy) is 1. The van der Waals surface area contributed by atoms with Crippen LogP contribution < -0.4 is 5.32 Å². The number of nitrogens with one attached hydrogen (secondary N) is 1. The van der Waals surface area contributed by atoms with E-state index in [1.807, 2.05) is 6.07 Å². The lowest BCUT2D eigenvalue weighted by atomic mass is 10.1. The van der Waals surface area contributed by atoms with Gasteiger partial charge < -0.3 is 10.1 Å². The highest BCUT2D eigenvalue weighted by atomic mass is 127. The highest BCUT2D eigenvalue weighted by molar-refractivity contribution is 14.1. The Hall–Kier alpha value is -0.300. The molecule has 1 aromatic rings. The van der Waals surface area contributed by atoms with Gasteiger partial charge >= 0.3 is 5.97 Å². The van der Waals surface area contributed by atoms with Gasteiger partial charge in [0.2, 0.25) is 0 Å². The fraction of sp³-hybridized carbons (Fsp3) is 0.300. The maximum atomic E-state index is 11.5. The molecule has 0 amide bonds. The van der Waals surface area contributed by atoms with Crippen molar-refractivity contribution < 1.29 is 9.53 Å². The lowest BCUT2D eigenvalue weighted by molar-refractivity contribution is 0.0599. The quantitative estimate of drug-likeness (QED) is 0.600. The van der Waals surface area contributed by atoms with Gasteiger partial charge in [0.1, 0.15) is 0 Å². The first-order chi connectivity index (χ1) is 7.15. The second-order valence-corrected chi connectivity index (χ2v) is 5.17. The van der Waals surface area contributed by atoms with Crippen molar-refractivity contribution in [3.05, 3.63) is 25.2 Å². The van der Waals surface area contributed by atoms with Crippen molar-refractivity contribution in [1.29, 1.82) is 0 Å². The summed E-state index contributed by atoms with van der Waals surface area (Å²) in [5.74, 6) is -0.295. The van der Waals surface area contributed by atoms with E-state index in [9.17, 15) is 4.79 Å². The molecular weight excluding hydrogens is 373 g/mol. The summed E-state index contributed by atoms with van der Waals surface area (Å²) in [6, 6.07) is 1.83. The average molecular weight is 382 g/mol. The summed E-state index contributed by atoms with van der Waals surface area (Å²) >= 11 is 5.66. The largest absolute Gasteiger partial charge is 0.465 e. The number of benzene rings is 1. The Morgan fingerprint density at radius 1 is 1.67 bits per heavy atom. The van der Waals surface area contributed by atoms with Crippen LogP contribution in [0.2, 0.25) is 0 Å². The molecule has 1 aliphatic rings. The Balaban J connectivity index is 2.59. The summed E-state index contributed by atoms with van der Waals surface area (Å²) in [6.07, 6.45) is 0.993. The summed E-state index contributed by atoms with van der Waals surface area (Å²) in [7, 11) is 1.40. The first kappa shape index (κ1) is 11.2. The molecule has 0 aliphatic carbocycles. The van der Waals surface area contributed by atoms with E-state index in [-0.39, 0.29) is 5.97 Å². The highest BCUT2D eigenvalue weighted by Gasteiger charge is 2.22. The summed E-state index contributed by atoms with van der Waals surface area (Å²) < 4.78 is 6.65. The van der Waals surface area contributed by atoms with Gasteiger partial charge in [-0.2, -0.15) is 0 Å². The number of rotatable bonds is 1. The van der Waals surface area contributed by atoms with Gasteiger partial charge in [-0.1, -0.05) is 15.9 Å². The molecule has 0 saturated carbocycles. The van der Waals surface area contributed by atoms with E-state index in [4.69, 9.17) is 4.74 Å². The van der Waals surface area contributed by atoms with Crippen molar-refractivity contribution in [3.63, 3.8) is 0 Å². The first-order valence-corrected chi connectivity index (χ1v) is 6.35. The van der Waals surface area contributed by atoms with Crippen LogP contribution in [0.3, 0.4) is 0 Å². The van der Waals surface area contributed by atoms with E-state index in [0.29, 0.717) is 5.56 Å². The van der Waals surface area contributed by atoms with Gasteiger partial charge in [-0.25, -0.2) is 4.79 Å². The molecule has 0 fully saturated rings. The number of halogens is 2. The summed E-state index contributed by atoms with van der Waals surface area (Å²) in [5, 5.41) is 3.28. The second-order valence-electron chi connectivity index (χ2n) is 3.24. The van der Waals surface area contributed by atoms with E-state index >= 15 is 0 Å². The number of carbonyl (C=O) groups is 1. The molecular formula is C10H9BrINO2. The molecule has 0 aromatic heterocycles. The molecule has 1 aromatic carbocycles. The van der Waals surface area contributed by atoms with Crippen LogP contribution in [-0.4, -0.2) is 19.6 Å². The van der Waals surface area contributed by atoms with Crippen LogP contribution in [0.25, 0.3) is 0 Å². The molecule has 0 unspecified atom stereocenters. The van der Waals surface area contributed by atoms with Gasteiger partial charge in [0.05, 0.1) is 21.9 Å². The van der Waals surface area contributed by atoms with Crippen LogP contribution in [0.15, 0.2) is 10.5 Å². The zero-order valence-electron chi connectivity index (χ0n) is 8.06. The van der Waals surface area contributed by atoms with E-state index in [2.05, 4.69) is 43.8 Å². The van der Waals surface area contributed by atoms with Crippen LogP contribution in [0.1, 0.15) is 15.9 Å². The Labute approximate surface area is 110 Å². The van der Waals surface area contributed by atoms with Crippen LogP contribution >= 0.6 is 38.5 Å². The lowest BCUT2D eigenvalue weighted by Crippen LogP contribution is -2.06. The molecule has 0 saturated heterocycles. The van der Waals surface area contributed by atoms with Gasteiger partial charge in [-0.3, -0.25) is 0 Å². The Morgan fingerprint density at radius 3 is 3.07 bits per heavy atom. The van der Waals surface area contributed by atoms with Crippen molar-refractivity contribution in [2.45, 2.75) is 6.42 Å². The summed E-state index contributed by atoms with van der Waals surface area (Å²) in [5.41, 5.74) is 2.91. The Bertz CT molecular complexity index is 434. The number of hydrogen-bond donors (Lipinski definition) is 1. The molecule has 0 atom stereocenters. The zero-order valence-corrected chi connectivity index (χ0v) is 11.8. The predicted molar refractivity (Wildman–Crippen MR) is 70.4 cm³/mol. The maximum absolute atomic E-state index is 11.5. The van der Waals surface area contributed by atoms with E-state index < -0.39 is 0 Å². The number of hydrogen-bond acceptors (Lipinski definition) is 3. The molecule has 1 heterocycles. The summed E-state index contributed by atoms with van der Waals surface area (Å²) in [6.45, 7) is 0.925. The van der Waals surface area contributed by atoms with Gasteiger partial charge in [-0.05, 0) is 40.6 Å². The first-order valence-electron chi connectivity index (χ1n) is 4.48. The normalized spacial score (nSPS) is 13.3. The fourth-order valence-corrected chi connectivity index (χ4v) is 3.18.